The number of halogens is 3. The van der Waals surface area contributed by atoms with Crippen LogP contribution in [0.2, 0.25) is 0 Å². The number of fused-ring (bicyclic) bond motifs is 1. The first-order valence-corrected chi connectivity index (χ1v) is 9.44. The zero-order valence-electron chi connectivity index (χ0n) is 15.9. The van der Waals surface area contributed by atoms with E-state index in [1.807, 2.05) is 0 Å². The van der Waals surface area contributed by atoms with E-state index in [0.717, 1.165) is 12.2 Å². The van der Waals surface area contributed by atoms with Gasteiger partial charge in [0.25, 0.3) is 5.91 Å². The molecule has 0 saturated heterocycles. The lowest BCUT2D eigenvalue weighted by Gasteiger charge is -2.21. The van der Waals surface area contributed by atoms with E-state index in [9.17, 15) is 18.0 Å². The summed E-state index contributed by atoms with van der Waals surface area (Å²) in [5.74, 6) is 0.792. The van der Waals surface area contributed by atoms with Gasteiger partial charge in [-0.1, -0.05) is 18.2 Å². The molecule has 2 heterocycles. The van der Waals surface area contributed by atoms with Crippen molar-refractivity contribution in [3.05, 3.63) is 71.8 Å². The Kier molecular flexibility index (Phi) is 5.43. The Morgan fingerprint density at radius 1 is 1.23 bits per heavy atom. The molecule has 0 spiro atoms. The first kappa shape index (κ1) is 19.9. The summed E-state index contributed by atoms with van der Waals surface area (Å²) >= 11 is 0. The van der Waals surface area contributed by atoms with Gasteiger partial charge < -0.3 is 15.0 Å². The van der Waals surface area contributed by atoms with Gasteiger partial charge in [0.2, 0.25) is 0 Å². The highest BCUT2D eigenvalue weighted by Crippen LogP contribution is 2.31. The number of anilines is 1. The molecule has 1 amide bonds. The van der Waals surface area contributed by atoms with E-state index in [1.165, 1.54) is 6.08 Å². The van der Waals surface area contributed by atoms with Gasteiger partial charge in [-0.2, -0.15) is 13.2 Å². The summed E-state index contributed by atoms with van der Waals surface area (Å²) in [6, 6.07) is 6.51. The Morgan fingerprint density at radius 3 is 2.73 bits per heavy atom. The van der Waals surface area contributed by atoms with Gasteiger partial charge in [0, 0.05) is 24.1 Å². The van der Waals surface area contributed by atoms with Crippen molar-refractivity contribution >= 4 is 11.6 Å². The van der Waals surface area contributed by atoms with E-state index in [1.54, 1.807) is 41.6 Å². The van der Waals surface area contributed by atoms with Crippen LogP contribution >= 0.6 is 0 Å². The van der Waals surface area contributed by atoms with Crippen LogP contribution in [-0.4, -0.2) is 46.1 Å². The minimum absolute atomic E-state index is 0.199. The third-order valence-electron chi connectivity index (χ3n) is 4.85. The van der Waals surface area contributed by atoms with E-state index >= 15 is 0 Å². The Labute approximate surface area is 171 Å². The number of aromatic nitrogens is 2. The van der Waals surface area contributed by atoms with Crippen molar-refractivity contribution in [2.45, 2.75) is 25.2 Å². The van der Waals surface area contributed by atoms with E-state index in [0.29, 0.717) is 36.0 Å². The van der Waals surface area contributed by atoms with Crippen LogP contribution in [0.1, 0.15) is 22.6 Å². The molecular weight excluding hydrogens is 397 g/mol. The number of carbonyl (C=O) groups is 1. The fraction of sp³-hybridized carbons (Fsp3) is 0.286. The standard InChI is InChI=1S/C21H19F3N4O2/c22-21(23,24)14-2-4-15(5-3-14)27-16-6-7-18-17(12-16)20(29)28(10-11-30-18)13-19-25-8-1-9-26-19/h1-4,6-9,12,15,27H,5,10-11,13H2. The number of amides is 1. The van der Waals surface area contributed by atoms with Gasteiger partial charge in [-0.15, -0.1) is 0 Å². The lowest BCUT2D eigenvalue weighted by molar-refractivity contribution is -0.0886. The van der Waals surface area contributed by atoms with Gasteiger partial charge in [-0.05, 0) is 30.7 Å². The summed E-state index contributed by atoms with van der Waals surface area (Å²) in [6.07, 6.45) is 2.80. The molecule has 0 fully saturated rings. The van der Waals surface area contributed by atoms with Crippen LogP contribution in [0.3, 0.4) is 0 Å². The molecule has 0 radical (unpaired) electrons. The minimum Gasteiger partial charge on any atom is -0.491 e. The molecule has 1 aliphatic carbocycles. The van der Waals surface area contributed by atoms with E-state index < -0.39 is 11.7 Å². The van der Waals surface area contributed by atoms with Crippen LogP contribution in [0.5, 0.6) is 5.75 Å². The van der Waals surface area contributed by atoms with Crippen molar-refractivity contribution in [2.24, 2.45) is 0 Å². The Bertz CT molecular complexity index is 989. The number of rotatable bonds is 4. The summed E-state index contributed by atoms with van der Waals surface area (Å²) in [4.78, 5) is 23.0. The van der Waals surface area contributed by atoms with E-state index in [-0.39, 0.29) is 24.9 Å². The molecule has 1 aromatic heterocycles. The number of hydrogen-bond acceptors (Lipinski definition) is 5. The molecule has 30 heavy (non-hydrogen) atoms. The molecule has 1 N–H and O–H groups in total. The highest BCUT2D eigenvalue weighted by Gasteiger charge is 2.33. The molecule has 9 heteroatoms. The summed E-state index contributed by atoms with van der Waals surface area (Å²) in [7, 11) is 0. The molecule has 1 unspecified atom stereocenters. The van der Waals surface area contributed by atoms with Gasteiger partial charge in [-0.3, -0.25) is 4.79 Å². The third-order valence-corrected chi connectivity index (χ3v) is 4.85. The topological polar surface area (TPSA) is 67.3 Å². The van der Waals surface area contributed by atoms with E-state index in [4.69, 9.17) is 4.74 Å². The van der Waals surface area contributed by atoms with Crippen LogP contribution in [0.25, 0.3) is 0 Å². The van der Waals surface area contributed by atoms with Crippen LogP contribution < -0.4 is 10.1 Å². The monoisotopic (exact) mass is 416 g/mol. The predicted octanol–water partition coefficient (Wildman–Crippen LogP) is 3.74. The fourth-order valence-electron chi connectivity index (χ4n) is 3.34. The number of nitrogens with one attached hydrogen (secondary N) is 1. The average molecular weight is 416 g/mol. The Morgan fingerprint density at radius 2 is 2.03 bits per heavy atom. The third kappa shape index (κ3) is 4.45. The molecule has 1 atom stereocenters. The smallest absolute Gasteiger partial charge is 0.416 e. The molecule has 6 nitrogen and oxygen atoms in total. The maximum atomic E-state index is 13.1. The molecule has 2 aromatic rings. The highest BCUT2D eigenvalue weighted by atomic mass is 19.4. The fourth-order valence-corrected chi connectivity index (χ4v) is 3.34. The number of alkyl halides is 3. The first-order chi connectivity index (χ1) is 14.4. The molecular formula is C21H19F3N4O2. The van der Waals surface area contributed by atoms with Crippen molar-refractivity contribution in [3.8, 4) is 5.75 Å². The number of hydrogen-bond donors (Lipinski definition) is 1. The summed E-state index contributed by atoms with van der Waals surface area (Å²) in [6.45, 7) is 0.996. The second-order valence-electron chi connectivity index (χ2n) is 6.95. The van der Waals surface area contributed by atoms with Crippen LogP contribution in [0, 0.1) is 0 Å². The molecule has 0 bridgehead atoms. The van der Waals surface area contributed by atoms with Crippen molar-refractivity contribution < 1.29 is 22.7 Å². The van der Waals surface area contributed by atoms with E-state index in [2.05, 4.69) is 15.3 Å². The lowest BCUT2D eigenvalue weighted by Crippen LogP contribution is -2.32. The van der Waals surface area contributed by atoms with Crippen LogP contribution in [0.4, 0.5) is 18.9 Å². The highest BCUT2D eigenvalue weighted by molar-refractivity contribution is 5.98. The second-order valence-corrected chi connectivity index (χ2v) is 6.95. The quantitative estimate of drug-likeness (QED) is 0.823. The Hall–Kier alpha value is -3.36. The molecule has 0 saturated carbocycles. The lowest BCUT2D eigenvalue weighted by atomic mass is 10.0. The Balaban J connectivity index is 1.49. The minimum atomic E-state index is -4.35. The largest absolute Gasteiger partial charge is 0.491 e. The second kappa shape index (κ2) is 8.17. The number of allylic oxidation sites excluding steroid dienone is 2. The molecule has 156 valence electrons. The van der Waals surface area contributed by atoms with Crippen molar-refractivity contribution in [3.63, 3.8) is 0 Å². The summed E-state index contributed by atoms with van der Waals surface area (Å²) < 4.78 is 44.0. The van der Waals surface area contributed by atoms with Crippen molar-refractivity contribution in [1.29, 1.82) is 0 Å². The SMILES string of the molecule is O=C1c2cc(NC3C=CC(C(F)(F)F)=CC3)ccc2OCCN1Cc1ncccn1. The maximum absolute atomic E-state index is 13.1. The van der Waals surface area contributed by atoms with Crippen molar-refractivity contribution in [2.75, 3.05) is 18.5 Å². The summed E-state index contributed by atoms with van der Waals surface area (Å²) in [5.41, 5.74) is 0.367. The molecule has 1 aromatic carbocycles. The van der Waals surface area contributed by atoms with Gasteiger partial charge in [0.1, 0.15) is 18.2 Å². The van der Waals surface area contributed by atoms with Crippen molar-refractivity contribution in [1.82, 2.24) is 14.9 Å². The number of carbonyl (C=O) groups excluding carboxylic acids is 1. The first-order valence-electron chi connectivity index (χ1n) is 9.44. The molecule has 4 rings (SSSR count). The maximum Gasteiger partial charge on any atom is 0.416 e. The molecule has 1 aliphatic heterocycles. The number of ether oxygens (including phenoxy) is 1. The van der Waals surface area contributed by atoms with Gasteiger partial charge in [0.15, 0.2) is 0 Å². The summed E-state index contributed by atoms with van der Waals surface area (Å²) in [5, 5.41) is 3.16. The van der Waals surface area contributed by atoms with Gasteiger partial charge in [-0.25, -0.2) is 9.97 Å². The normalized spacial score (nSPS) is 18.9. The molecule has 2 aliphatic rings. The zero-order valence-corrected chi connectivity index (χ0v) is 15.9. The van der Waals surface area contributed by atoms with Crippen LogP contribution in [-0.2, 0) is 6.54 Å². The van der Waals surface area contributed by atoms with Crippen LogP contribution in [0.15, 0.2) is 60.5 Å². The zero-order chi connectivity index (χ0) is 21.1. The van der Waals surface area contributed by atoms with Gasteiger partial charge in [0.05, 0.1) is 24.2 Å². The predicted molar refractivity (Wildman–Crippen MR) is 104 cm³/mol. The van der Waals surface area contributed by atoms with Gasteiger partial charge >= 0.3 is 6.18 Å². The number of benzene rings is 1. The average Bonchev–Trinajstić information content (AvgIpc) is 2.88. The number of nitrogens with zero attached hydrogens (tertiary/aromatic N) is 3.